The predicted octanol–water partition coefficient (Wildman–Crippen LogP) is 10.6. The van der Waals surface area contributed by atoms with E-state index in [1.165, 1.54) is 33.4 Å². The van der Waals surface area contributed by atoms with Gasteiger partial charge in [-0.2, -0.15) is 0 Å². The van der Waals surface area contributed by atoms with Gasteiger partial charge in [-0.05, 0) is 110 Å². The normalized spacial score (nSPS) is 13.6. The van der Waals surface area contributed by atoms with Gasteiger partial charge in [-0.15, -0.1) is 0 Å². The van der Waals surface area contributed by atoms with Crippen molar-refractivity contribution in [2.75, 3.05) is 0 Å². The molecule has 1 aliphatic carbocycles. The summed E-state index contributed by atoms with van der Waals surface area (Å²) in [6.07, 6.45) is 2.72. The van der Waals surface area contributed by atoms with Crippen LogP contribution < -0.4 is 0 Å². The van der Waals surface area contributed by atoms with Crippen LogP contribution in [0.3, 0.4) is 0 Å². The van der Waals surface area contributed by atoms with Gasteiger partial charge in [0.1, 0.15) is 11.5 Å². The first kappa shape index (κ1) is 28.2. The molecule has 6 aromatic rings. The van der Waals surface area contributed by atoms with Crippen LogP contribution in [0.1, 0.15) is 67.5 Å². The van der Waals surface area contributed by atoms with Crippen LogP contribution in [0.25, 0.3) is 32.7 Å². The van der Waals surface area contributed by atoms with Crippen LogP contribution in [0.15, 0.2) is 109 Å². The summed E-state index contributed by atoms with van der Waals surface area (Å²) in [7, 11) is 0. The molecule has 7 rings (SSSR count). The topological polar surface area (TPSA) is 40.5 Å². The molecule has 0 saturated carbocycles. The number of benzene rings is 6. The summed E-state index contributed by atoms with van der Waals surface area (Å²) in [5, 5.41) is 26.2. The second kappa shape index (κ2) is 10.9. The Morgan fingerprint density at radius 2 is 1.05 bits per heavy atom. The summed E-state index contributed by atoms with van der Waals surface area (Å²) in [6, 6.07) is 39.2. The lowest BCUT2D eigenvalue weighted by Gasteiger charge is -2.34. The van der Waals surface area contributed by atoms with Gasteiger partial charge in [0, 0.05) is 11.1 Å². The predicted molar refractivity (Wildman–Crippen MR) is 184 cm³/mol. The maximum absolute atomic E-state index is 10.9. The van der Waals surface area contributed by atoms with Gasteiger partial charge in [-0.25, -0.2) is 0 Å². The van der Waals surface area contributed by atoms with Crippen LogP contribution in [0, 0.1) is 11.8 Å². The van der Waals surface area contributed by atoms with Crippen LogP contribution in [0.5, 0.6) is 11.5 Å². The van der Waals surface area contributed by atoms with Crippen molar-refractivity contribution in [2.45, 2.75) is 52.4 Å². The number of aromatic hydroxyl groups is 2. The fourth-order valence-electron chi connectivity index (χ4n) is 7.57. The molecule has 0 heterocycles. The van der Waals surface area contributed by atoms with Crippen molar-refractivity contribution in [3.05, 3.63) is 143 Å². The highest BCUT2D eigenvalue weighted by Crippen LogP contribution is 2.56. The molecule has 0 bridgehead atoms. The van der Waals surface area contributed by atoms with Crippen LogP contribution in [0.2, 0.25) is 0 Å². The van der Waals surface area contributed by atoms with Crippen molar-refractivity contribution in [3.8, 4) is 22.6 Å². The quantitative estimate of drug-likeness (QED) is 0.198. The van der Waals surface area contributed by atoms with E-state index in [1.54, 1.807) is 0 Å². The third-order valence-corrected chi connectivity index (χ3v) is 9.62. The lowest BCUT2D eigenvalue weighted by molar-refractivity contribution is 0.464. The van der Waals surface area contributed by atoms with Gasteiger partial charge in [-0.3, -0.25) is 0 Å². The standard InChI is InChI=1S/C42H40O2/c1-26(2)13-18-36-32-19-16-30(24-28(32)14-21-40(36)43)42(38-11-7-5-9-34(38)35-10-6-8-12-39(35)42)31-17-20-33-29(25-31)15-22-41(44)37(33)23-27(3)4/h5-12,14-17,19-22,24-27,43-44H,13,18,23H2,1-4H3. The summed E-state index contributed by atoms with van der Waals surface area (Å²) in [4.78, 5) is 0. The van der Waals surface area contributed by atoms with Gasteiger partial charge in [0.15, 0.2) is 0 Å². The summed E-state index contributed by atoms with van der Waals surface area (Å²) < 4.78 is 0. The Morgan fingerprint density at radius 1 is 0.545 bits per heavy atom. The summed E-state index contributed by atoms with van der Waals surface area (Å²) >= 11 is 0. The van der Waals surface area contributed by atoms with Crippen molar-refractivity contribution in [1.82, 2.24) is 0 Å². The average Bonchev–Trinajstić information content (AvgIpc) is 3.32. The molecule has 2 heteroatoms. The first-order valence-corrected chi connectivity index (χ1v) is 16.0. The van der Waals surface area contributed by atoms with Gasteiger partial charge >= 0.3 is 0 Å². The number of fused-ring (bicyclic) bond motifs is 5. The Morgan fingerprint density at radius 3 is 1.57 bits per heavy atom. The summed E-state index contributed by atoms with van der Waals surface area (Å²) in [6.45, 7) is 8.86. The highest BCUT2D eigenvalue weighted by molar-refractivity contribution is 5.94. The molecule has 44 heavy (non-hydrogen) atoms. The minimum atomic E-state index is -0.526. The first-order chi connectivity index (χ1) is 21.3. The van der Waals surface area contributed by atoms with Crippen molar-refractivity contribution >= 4 is 21.5 Å². The maximum atomic E-state index is 10.9. The maximum Gasteiger partial charge on any atom is 0.119 e. The van der Waals surface area contributed by atoms with Gasteiger partial charge in [0.2, 0.25) is 0 Å². The molecule has 1 aliphatic rings. The molecule has 2 N–H and O–H groups in total. The summed E-state index contributed by atoms with van der Waals surface area (Å²) in [5.74, 6) is 1.76. The van der Waals surface area contributed by atoms with Crippen molar-refractivity contribution in [2.24, 2.45) is 11.8 Å². The molecule has 0 fully saturated rings. The lowest BCUT2D eigenvalue weighted by Crippen LogP contribution is -2.28. The minimum Gasteiger partial charge on any atom is -0.508 e. The second-order valence-corrected chi connectivity index (χ2v) is 13.4. The highest BCUT2D eigenvalue weighted by Gasteiger charge is 2.46. The Balaban J connectivity index is 1.52. The van der Waals surface area contributed by atoms with Crippen LogP contribution in [0.4, 0.5) is 0 Å². The molecule has 0 aromatic heterocycles. The Hall–Kier alpha value is -4.56. The number of phenols is 2. The highest BCUT2D eigenvalue weighted by atomic mass is 16.3. The zero-order chi connectivity index (χ0) is 30.6. The van der Waals surface area contributed by atoms with E-state index in [0.29, 0.717) is 23.3 Å². The number of hydrogen-bond donors (Lipinski definition) is 2. The molecule has 0 amide bonds. The largest absolute Gasteiger partial charge is 0.508 e. The second-order valence-electron chi connectivity index (χ2n) is 13.4. The Kier molecular flexibility index (Phi) is 6.97. The van der Waals surface area contributed by atoms with Crippen molar-refractivity contribution in [3.63, 3.8) is 0 Å². The molecule has 0 spiro atoms. The van der Waals surface area contributed by atoms with Crippen molar-refractivity contribution < 1.29 is 10.2 Å². The van der Waals surface area contributed by atoms with Crippen LogP contribution in [-0.2, 0) is 18.3 Å². The van der Waals surface area contributed by atoms with E-state index in [0.717, 1.165) is 51.9 Å². The SMILES string of the molecule is CC(C)CCc1c(O)ccc2cc(C3(c4ccc5c(CC(C)C)c(O)ccc5c4)c4ccccc4-c4ccccc43)ccc12. The molecular formula is C42H40O2. The third-order valence-electron chi connectivity index (χ3n) is 9.62. The third kappa shape index (κ3) is 4.39. The van der Waals surface area contributed by atoms with Crippen LogP contribution >= 0.6 is 0 Å². The van der Waals surface area contributed by atoms with Crippen LogP contribution in [-0.4, -0.2) is 10.2 Å². The molecule has 0 saturated heterocycles. The molecule has 0 atom stereocenters. The molecule has 220 valence electrons. The first-order valence-electron chi connectivity index (χ1n) is 16.0. The zero-order valence-corrected chi connectivity index (χ0v) is 26.1. The van der Waals surface area contributed by atoms with Gasteiger partial charge < -0.3 is 10.2 Å². The van der Waals surface area contributed by atoms with Crippen molar-refractivity contribution in [1.29, 1.82) is 0 Å². The molecule has 2 nitrogen and oxygen atoms in total. The monoisotopic (exact) mass is 576 g/mol. The van der Waals surface area contributed by atoms with E-state index >= 15 is 0 Å². The molecule has 0 radical (unpaired) electrons. The van der Waals surface area contributed by atoms with Gasteiger partial charge in [0.25, 0.3) is 0 Å². The lowest BCUT2D eigenvalue weighted by atomic mass is 9.67. The summed E-state index contributed by atoms with van der Waals surface area (Å²) in [5.41, 5.74) is 9.03. The number of rotatable bonds is 7. The van der Waals surface area contributed by atoms with E-state index < -0.39 is 5.41 Å². The molecular weight excluding hydrogens is 536 g/mol. The van der Waals surface area contributed by atoms with E-state index in [4.69, 9.17) is 0 Å². The minimum absolute atomic E-state index is 0.372. The number of aryl methyl sites for hydroxylation is 1. The number of hydrogen-bond acceptors (Lipinski definition) is 2. The zero-order valence-electron chi connectivity index (χ0n) is 26.1. The van der Waals surface area contributed by atoms with E-state index in [1.807, 2.05) is 12.1 Å². The smallest absolute Gasteiger partial charge is 0.119 e. The number of phenolic OH excluding ortho intramolecular Hbond substituents is 2. The van der Waals surface area contributed by atoms with E-state index in [-0.39, 0.29) is 0 Å². The fourth-order valence-corrected chi connectivity index (χ4v) is 7.57. The molecule has 6 aromatic carbocycles. The fraction of sp³-hybridized carbons (Fsp3) is 0.238. The van der Waals surface area contributed by atoms with E-state index in [2.05, 4.69) is 125 Å². The van der Waals surface area contributed by atoms with Gasteiger partial charge in [0.05, 0.1) is 5.41 Å². The Bertz CT molecular complexity index is 1990. The molecule has 0 aliphatic heterocycles. The molecule has 0 unspecified atom stereocenters. The Labute approximate surface area is 260 Å². The van der Waals surface area contributed by atoms with Gasteiger partial charge in [-0.1, -0.05) is 113 Å². The average molecular weight is 577 g/mol. The van der Waals surface area contributed by atoms with E-state index in [9.17, 15) is 10.2 Å².